The molecule has 1 atom stereocenters. The molecule has 3 aromatic rings. The Balaban J connectivity index is 1.86. The maximum absolute atomic E-state index is 13.7. The van der Waals surface area contributed by atoms with Gasteiger partial charge in [-0.15, -0.1) is 0 Å². The van der Waals surface area contributed by atoms with Crippen molar-refractivity contribution in [2.75, 3.05) is 5.73 Å². The van der Waals surface area contributed by atoms with Crippen LogP contribution in [0.2, 0.25) is 0 Å². The van der Waals surface area contributed by atoms with Gasteiger partial charge < -0.3 is 11.1 Å². The van der Waals surface area contributed by atoms with Crippen molar-refractivity contribution in [3.8, 4) is 5.69 Å². The zero-order valence-electron chi connectivity index (χ0n) is 16.2. The number of rotatable bonds is 5. The number of nitrogen functional groups attached to an aromatic ring is 1. The molecule has 1 amide bonds. The number of benzene rings is 2. The van der Waals surface area contributed by atoms with Gasteiger partial charge in [0.1, 0.15) is 11.5 Å². The first kappa shape index (κ1) is 21.1. The molecule has 0 saturated carbocycles. The molecule has 0 aliphatic carbocycles. The summed E-state index contributed by atoms with van der Waals surface area (Å²) in [5.41, 5.74) is 5.71. The van der Waals surface area contributed by atoms with Crippen molar-refractivity contribution in [2.45, 2.75) is 25.8 Å². The topological polar surface area (TPSA) is 90.0 Å². The Bertz CT molecular complexity index is 1140. The molecule has 9 heteroatoms. The summed E-state index contributed by atoms with van der Waals surface area (Å²) in [6, 6.07) is 10.7. The lowest BCUT2D eigenvalue weighted by Gasteiger charge is -2.18. The van der Waals surface area contributed by atoms with E-state index >= 15 is 0 Å². The standard InChI is InChI=1S/C21H19F3N4O2/c1-12(13-9-14(21(2,23)24)11-16(25)10-13)26-20(30)18-7-8-19(29)28(27-18)17-5-3-15(22)4-6-17/h3-12H,25H2,1-2H3,(H,26,30)/t12-/m1/s1. The van der Waals surface area contributed by atoms with Gasteiger partial charge in [0, 0.05) is 24.2 Å². The Labute approximate surface area is 170 Å². The molecule has 6 nitrogen and oxygen atoms in total. The Morgan fingerprint density at radius 1 is 1.13 bits per heavy atom. The van der Waals surface area contributed by atoms with Crippen molar-refractivity contribution in [3.63, 3.8) is 0 Å². The lowest BCUT2D eigenvalue weighted by Crippen LogP contribution is -2.30. The lowest BCUT2D eigenvalue weighted by atomic mass is 10.0. The minimum absolute atomic E-state index is 0.0734. The molecule has 3 rings (SSSR count). The number of nitrogens with two attached hydrogens (primary N) is 1. The Morgan fingerprint density at radius 2 is 1.80 bits per heavy atom. The summed E-state index contributed by atoms with van der Waals surface area (Å²) in [6.07, 6.45) is 0. The van der Waals surface area contributed by atoms with Crippen molar-refractivity contribution in [1.82, 2.24) is 15.1 Å². The first-order valence-electron chi connectivity index (χ1n) is 9.00. The summed E-state index contributed by atoms with van der Waals surface area (Å²) in [4.78, 5) is 24.7. The molecule has 0 saturated heterocycles. The third kappa shape index (κ3) is 4.68. The molecule has 0 bridgehead atoms. The van der Waals surface area contributed by atoms with E-state index in [0.29, 0.717) is 5.56 Å². The molecule has 0 unspecified atom stereocenters. The van der Waals surface area contributed by atoms with E-state index in [0.717, 1.165) is 17.7 Å². The quantitative estimate of drug-likeness (QED) is 0.623. The van der Waals surface area contributed by atoms with Gasteiger partial charge in [0.25, 0.3) is 17.4 Å². The van der Waals surface area contributed by atoms with Crippen molar-refractivity contribution >= 4 is 11.6 Å². The highest BCUT2D eigenvalue weighted by Gasteiger charge is 2.26. The van der Waals surface area contributed by atoms with Crippen molar-refractivity contribution in [2.24, 2.45) is 0 Å². The van der Waals surface area contributed by atoms with Gasteiger partial charge in [0.05, 0.1) is 11.7 Å². The molecule has 1 heterocycles. The molecule has 1 aromatic heterocycles. The summed E-state index contributed by atoms with van der Waals surface area (Å²) >= 11 is 0. The first-order chi connectivity index (χ1) is 14.0. The van der Waals surface area contributed by atoms with E-state index in [1.165, 1.54) is 48.5 Å². The normalized spacial score (nSPS) is 12.4. The second kappa shape index (κ2) is 8.02. The van der Waals surface area contributed by atoms with Crippen LogP contribution in [-0.2, 0) is 5.92 Å². The average Bonchev–Trinajstić information content (AvgIpc) is 2.68. The van der Waals surface area contributed by atoms with Gasteiger partial charge in [-0.2, -0.15) is 9.78 Å². The summed E-state index contributed by atoms with van der Waals surface area (Å²) in [5, 5.41) is 6.67. The number of nitrogens with one attached hydrogen (secondary N) is 1. The molecule has 0 fully saturated rings. The third-order valence-corrected chi connectivity index (χ3v) is 4.44. The van der Waals surface area contributed by atoms with Crippen molar-refractivity contribution in [3.05, 3.63) is 87.6 Å². The number of halogens is 3. The predicted octanol–water partition coefficient (Wildman–Crippen LogP) is 3.56. The van der Waals surface area contributed by atoms with Crippen LogP contribution in [0.4, 0.5) is 18.9 Å². The maximum atomic E-state index is 13.7. The number of hydrogen-bond acceptors (Lipinski definition) is 4. The fraction of sp³-hybridized carbons (Fsp3) is 0.190. The highest BCUT2D eigenvalue weighted by molar-refractivity contribution is 5.92. The Kier molecular flexibility index (Phi) is 5.64. The van der Waals surface area contributed by atoms with Gasteiger partial charge >= 0.3 is 0 Å². The van der Waals surface area contributed by atoms with Gasteiger partial charge in [0.15, 0.2) is 0 Å². The molecule has 0 aliphatic rings. The van der Waals surface area contributed by atoms with Crippen LogP contribution in [0.1, 0.15) is 41.5 Å². The molecular formula is C21H19F3N4O2. The second-order valence-corrected chi connectivity index (χ2v) is 6.92. The van der Waals surface area contributed by atoms with E-state index in [1.807, 2.05) is 0 Å². The lowest BCUT2D eigenvalue weighted by molar-refractivity contribution is 0.0174. The van der Waals surface area contributed by atoms with Crippen LogP contribution in [0.15, 0.2) is 59.4 Å². The molecular weight excluding hydrogens is 397 g/mol. The average molecular weight is 416 g/mol. The van der Waals surface area contributed by atoms with Crippen LogP contribution >= 0.6 is 0 Å². The first-order valence-corrected chi connectivity index (χ1v) is 9.00. The number of nitrogens with zero attached hydrogens (tertiary/aromatic N) is 2. The number of aromatic nitrogens is 2. The Morgan fingerprint density at radius 3 is 2.43 bits per heavy atom. The van der Waals surface area contributed by atoms with Crippen LogP contribution in [0.25, 0.3) is 5.69 Å². The van der Waals surface area contributed by atoms with Crippen LogP contribution in [0.3, 0.4) is 0 Å². The molecule has 0 spiro atoms. The smallest absolute Gasteiger partial charge is 0.272 e. The summed E-state index contributed by atoms with van der Waals surface area (Å²) in [7, 11) is 0. The molecule has 2 aromatic carbocycles. The number of amides is 1. The van der Waals surface area contributed by atoms with Crippen molar-refractivity contribution in [1.29, 1.82) is 0 Å². The monoisotopic (exact) mass is 416 g/mol. The molecule has 0 aliphatic heterocycles. The van der Waals surface area contributed by atoms with E-state index in [1.54, 1.807) is 6.92 Å². The van der Waals surface area contributed by atoms with Crippen LogP contribution in [0, 0.1) is 5.82 Å². The SMILES string of the molecule is C[C@@H](NC(=O)c1ccc(=O)n(-c2ccc(F)cc2)n1)c1cc(N)cc(C(C)(F)F)c1. The molecule has 30 heavy (non-hydrogen) atoms. The van der Waals surface area contributed by atoms with Crippen LogP contribution < -0.4 is 16.6 Å². The number of carbonyl (C=O) groups is 1. The van der Waals surface area contributed by atoms with Gasteiger partial charge in [-0.3, -0.25) is 9.59 Å². The largest absolute Gasteiger partial charge is 0.399 e. The fourth-order valence-corrected chi connectivity index (χ4v) is 2.83. The molecule has 3 N–H and O–H groups in total. The molecule has 0 radical (unpaired) electrons. The fourth-order valence-electron chi connectivity index (χ4n) is 2.83. The van der Waals surface area contributed by atoms with Crippen molar-refractivity contribution < 1.29 is 18.0 Å². The number of anilines is 1. The van der Waals surface area contributed by atoms with Gasteiger partial charge in [-0.25, -0.2) is 13.2 Å². The summed E-state index contributed by atoms with van der Waals surface area (Å²) in [6.45, 7) is 2.37. The van der Waals surface area contributed by atoms with E-state index in [4.69, 9.17) is 5.73 Å². The zero-order valence-corrected chi connectivity index (χ0v) is 16.2. The third-order valence-electron chi connectivity index (χ3n) is 4.44. The van der Waals surface area contributed by atoms with E-state index in [2.05, 4.69) is 10.4 Å². The van der Waals surface area contributed by atoms with E-state index < -0.39 is 29.2 Å². The highest BCUT2D eigenvalue weighted by Crippen LogP contribution is 2.31. The minimum atomic E-state index is -3.08. The number of alkyl halides is 2. The highest BCUT2D eigenvalue weighted by atomic mass is 19.3. The van der Waals surface area contributed by atoms with Gasteiger partial charge in [-0.05, 0) is 61.0 Å². The van der Waals surface area contributed by atoms with E-state index in [-0.39, 0.29) is 22.6 Å². The second-order valence-electron chi connectivity index (χ2n) is 6.92. The minimum Gasteiger partial charge on any atom is -0.399 e. The summed E-state index contributed by atoms with van der Waals surface area (Å²) in [5.74, 6) is -4.18. The molecule has 156 valence electrons. The van der Waals surface area contributed by atoms with Crippen LogP contribution in [-0.4, -0.2) is 15.7 Å². The zero-order chi connectivity index (χ0) is 22.1. The van der Waals surface area contributed by atoms with E-state index in [9.17, 15) is 22.8 Å². The number of hydrogen-bond donors (Lipinski definition) is 2. The predicted molar refractivity (Wildman–Crippen MR) is 106 cm³/mol. The van der Waals surface area contributed by atoms with Gasteiger partial charge in [0.2, 0.25) is 0 Å². The maximum Gasteiger partial charge on any atom is 0.272 e. The summed E-state index contributed by atoms with van der Waals surface area (Å²) < 4.78 is 41.4. The van der Waals surface area contributed by atoms with Gasteiger partial charge in [-0.1, -0.05) is 0 Å². The van der Waals surface area contributed by atoms with Crippen LogP contribution in [0.5, 0.6) is 0 Å². The Hall–Kier alpha value is -3.62. The number of carbonyl (C=O) groups excluding carboxylic acids is 1.